The fourth-order valence-corrected chi connectivity index (χ4v) is 2.19. The van der Waals surface area contributed by atoms with Crippen LogP contribution in [0.3, 0.4) is 0 Å². The zero-order valence-corrected chi connectivity index (χ0v) is 13.7. The molecule has 2 N–H and O–H groups in total. The van der Waals surface area contributed by atoms with E-state index in [0.29, 0.717) is 0 Å². The fourth-order valence-electron chi connectivity index (χ4n) is 2.19. The SMILES string of the molecule is CCNC(=NCCCCN1CCOCC1)NCCOCC. The average molecular weight is 300 g/mol. The first-order chi connectivity index (χ1) is 10.4. The van der Waals surface area contributed by atoms with Crippen molar-refractivity contribution in [2.75, 3.05) is 65.7 Å². The molecule has 0 bridgehead atoms. The van der Waals surface area contributed by atoms with E-state index < -0.39 is 0 Å². The van der Waals surface area contributed by atoms with Gasteiger partial charge in [0.1, 0.15) is 0 Å². The van der Waals surface area contributed by atoms with E-state index in [1.807, 2.05) is 6.92 Å². The van der Waals surface area contributed by atoms with Crippen molar-refractivity contribution < 1.29 is 9.47 Å². The second kappa shape index (κ2) is 12.9. The molecule has 1 aliphatic rings. The molecule has 0 aromatic rings. The van der Waals surface area contributed by atoms with E-state index in [9.17, 15) is 0 Å². The summed E-state index contributed by atoms with van der Waals surface area (Å²) in [4.78, 5) is 7.06. The summed E-state index contributed by atoms with van der Waals surface area (Å²) in [6.07, 6.45) is 2.32. The highest BCUT2D eigenvalue weighted by Crippen LogP contribution is 2.00. The standard InChI is InChI=1S/C15H32N4O2/c1-3-16-15(18-8-12-20-4-2)17-7-5-6-9-19-10-13-21-14-11-19/h3-14H2,1-2H3,(H2,16,17,18). The van der Waals surface area contributed by atoms with E-state index in [2.05, 4.69) is 27.4 Å². The molecule has 0 radical (unpaired) electrons. The lowest BCUT2D eigenvalue weighted by atomic mass is 10.3. The number of morpholine rings is 1. The monoisotopic (exact) mass is 300 g/mol. The molecule has 0 aromatic heterocycles. The Hall–Kier alpha value is -0.850. The van der Waals surface area contributed by atoms with Crippen LogP contribution < -0.4 is 10.6 Å². The highest BCUT2D eigenvalue weighted by molar-refractivity contribution is 5.79. The predicted octanol–water partition coefficient (Wildman–Crippen LogP) is 0.690. The van der Waals surface area contributed by atoms with Crippen molar-refractivity contribution in [3.8, 4) is 0 Å². The Balaban J connectivity index is 2.08. The summed E-state index contributed by atoms with van der Waals surface area (Å²) in [5, 5.41) is 6.54. The van der Waals surface area contributed by atoms with Gasteiger partial charge in [-0.05, 0) is 33.2 Å². The van der Waals surface area contributed by atoms with Gasteiger partial charge in [-0.25, -0.2) is 0 Å². The minimum atomic E-state index is 0.720. The Labute approximate surface area is 129 Å². The van der Waals surface area contributed by atoms with Gasteiger partial charge in [-0.3, -0.25) is 9.89 Å². The van der Waals surface area contributed by atoms with Gasteiger partial charge < -0.3 is 20.1 Å². The van der Waals surface area contributed by atoms with Gasteiger partial charge in [0.25, 0.3) is 0 Å². The summed E-state index contributed by atoms with van der Waals surface area (Å²) >= 11 is 0. The van der Waals surface area contributed by atoms with E-state index in [1.165, 1.54) is 6.42 Å². The number of guanidine groups is 1. The minimum absolute atomic E-state index is 0.720. The summed E-state index contributed by atoms with van der Waals surface area (Å²) in [5.41, 5.74) is 0. The first kappa shape index (κ1) is 18.2. The first-order valence-corrected chi connectivity index (χ1v) is 8.26. The Kier molecular flexibility index (Phi) is 11.1. The lowest BCUT2D eigenvalue weighted by molar-refractivity contribution is 0.0373. The van der Waals surface area contributed by atoms with Crippen LogP contribution in [0.15, 0.2) is 4.99 Å². The molecular formula is C15H32N4O2. The summed E-state index contributed by atoms with van der Waals surface area (Å²) in [6.45, 7) is 13.2. The third kappa shape index (κ3) is 9.66. The molecule has 1 saturated heterocycles. The molecule has 0 aromatic carbocycles. The van der Waals surface area contributed by atoms with E-state index in [4.69, 9.17) is 9.47 Å². The van der Waals surface area contributed by atoms with Crippen LogP contribution >= 0.6 is 0 Å². The average Bonchev–Trinajstić information content (AvgIpc) is 2.52. The van der Waals surface area contributed by atoms with Crippen LogP contribution in [-0.4, -0.2) is 76.6 Å². The van der Waals surface area contributed by atoms with Crippen LogP contribution in [0.5, 0.6) is 0 Å². The third-order valence-corrected chi connectivity index (χ3v) is 3.34. The first-order valence-electron chi connectivity index (χ1n) is 8.26. The number of hydrogen-bond acceptors (Lipinski definition) is 4. The topological polar surface area (TPSA) is 58.1 Å². The number of hydrogen-bond donors (Lipinski definition) is 2. The molecule has 1 aliphatic heterocycles. The molecule has 21 heavy (non-hydrogen) atoms. The van der Waals surface area contributed by atoms with Gasteiger partial charge in [0.2, 0.25) is 0 Å². The van der Waals surface area contributed by atoms with Crippen molar-refractivity contribution in [3.63, 3.8) is 0 Å². The molecule has 0 spiro atoms. The van der Waals surface area contributed by atoms with Crippen LogP contribution in [0.4, 0.5) is 0 Å². The van der Waals surface area contributed by atoms with Gasteiger partial charge in [-0.2, -0.15) is 0 Å². The van der Waals surface area contributed by atoms with Gasteiger partial charge in [0.15, 0.2) is 5.96 Å². The Morgan fingerprint density at radius 1 is 1.19 bits per heavy atom. The number of nitrogens with zero attached hydrogens (tertiary/aromatic N) is 2. The van der Waals surface area contributed by atoms with Crippen molar-refractivity contribution in [2.45, 2.75) is 26.7 Å². The molecule has 0 unspecified atom stereocenters. The number of aliphatic imine (C=N–C) groups is 1. The number of unbranched alkanes of at least 4 members (excludes halogenated alkanes) is 1. The maximum atomic E-state index is 5.35. The Morgan fingerprint density at radius 3 is 2.71 bits per heavy atom. The van der Waals surface area contributed by atoms with Gasteiger partial charge in [0, 0.05) is 39.3 Å². The van der Waals surface area contributed by atoms with Crippen LogP contribution in [0.2, 0.25) is 0 Å². The van der Waals surface area contributed by atoms with Crippen molar-refractivity contribution in [1.29, 1.82) is 0 Å². The molecule has 124 valence electrons. The maximum Gasteiger partial charge on any atom is 0.191 e. The van der Waals surface area contributed by atoms with Crippen molar-refractivity contribution in [1.82, 2.24) is 15.5 Å². The molecule has 6 heteroatoms. The number of rotatable bonds is 10. The molecular weight excluding hydrogens is 268 g/mol. The molecule has 1 fully saturated rings. The largest absolute Gasteiger partial charge is 0.380 e. The highest BCUT2D eigenvalue weighted by Gasteiger charge is 2.08. The lowest BCUT2D eigenvalue weighted by Crippen LogP contribution is -2.39. The molecule has 0 aliphatic carbocycles. The fraction of sp³-hybridized carbons (Fsp3) is 0.933. The smallest absolute Gasteiger partial charge is 0.191 e. The van der Waals surface area contributed by atoms with E-state index >= 15 is 0 Å². The maximum absolute atomic E-state index is 5.35. The molecule has 6 nitrogen and oxygen atoms in total. The van der Waals surface area contributed by atoms with Crippen molar-refractivity contribution in [2.24, 2.45) is 4.99 Å². The molecule has 0 saturated carbocycles. The van der Waals surface area contributed by atoms with E-state index in [1.54, 1.807) is 0 Å². The van der Waals surface area contributed by atoms with Crippen LogP contribution in [0, 0.1) is 0 Å². The number of ether oxygens (including phenoxy) is 2. The van der Waals surface area contributed by atoms with E-state index in [-0.39, 0.29) is 0 Å². The highest BCUT2D eigenvalue weighted by atomic mass is 16.5. The van der Waals surface area contributed by atoms with Crippen molar-refractivity contribution >= 4 is 5.96 Å². The zero-order valence-electron chi connectivity index (χ0n) is 13.7. The van der Waals surface area contributed by atoms with Crippen molar-refractivity contribution in [3.05, 3.63) is 0 Å². The van der Waals surface area contributed by atoms with Crippen LogP contribution in [-0.2, 0) is 9.47 Å². The quantitative estimate of drug-likeness (QED) is 0.353. The molecule has 1 heterocycles. The molecule has 1 rings (SSSR count). The third-order valence-electron chi connectivity index (χ3n) is 3.34. The Morgan fingerprint density at radius 2 is 2.00 bits per heavy atom. The number of nitrogens with one attached hydrogen (secondary N) is 2. The summed E-state index contributed by atoms with van der Waals surface area (Å²) < 4.78 is 10.7. The second-order valence-electron chi connectivity index (χ2n) is 5.05. The normalized spacial score (nSPS) is 17.0. The predicted molar refractivity (Wildman–Crippen MR) is 87.0 cm³/mol. The second-order valence-corrected chi connectivity index (χ2v) is 5.05. The minimum Gasteiger partial charge on any atom is -0.380 e. The molecule has 0 amide bonds. The van der Waals surface area contributed by atoms with E-state index in [0.717, 1.165) is 78.1 Å². The van der Waals surface area contributed by atoms with Gasteiger partial charge in [0.05, 0.1) is 19.8 Å². The van der Waals surface area contributed by atoms with Gasteiger partial charge in [-0.1, -0.05) is 0 Å². The molecule has 0 atom stereocenters. The van der Waals surface area contributed by atoms with Crippen LogP contribution in [0.25, 0.3) is 0 Å². The van der Waals surface area contributed by atoms with Gasteiger partial charge >= 0.3 is 0 Å². The summed E-state index contributed by atoms with van der Waals surface area (Å²) in [5.74, 6) is 0.892. The lowest BCUT2D eigenvalue weighted by Gasteiger charge is -2.26. The Bertz CT molecular complexity index is 268. The summed E-state index contributed by atoms with van der Waals surface area (Å²) in [7, 11) is 0. The van der Waals surface area contributed by atoms with Gasteiger partial charge in [-0.15, -0.1) is 0 Å². The van der Waals surface area contributed by atoms with Crippen LogP contribution in [0.1, 0.15) is 26.7 Å². The summed E-state index contributed by atoms with van der Waals surface area (Å²) in [6, 6.07) is 0. The zero-order chi connectivity index (χ0) is 15.2.